The highest BCUT2D eigenvalue weighted by Gasteiger charge is 2.48. The van der Waals surface area contributed by atoms with Gasteiger partial charge in [-0.25, -0.2) is 14.4 Å². The van der Waals surface area contributed by atoms with E-state index >= 15 is 0 Å². The molecule has 1 fully saturated rings. The van der Waals surface area contributed by atoms with Crippen molar-refractivity contribution in [3.8, 4) is 22.5 Å². The zero-order chi connectivity index (χ0) is 23.2. The van der Waals surface area contributed by atoms with Crippen LogP contribution in [0.1, 0.15) is 12.2 Å². The molecular formula is C22H20FN7O3. The first-order valence-electron chi connectivity index (χ1n) is 10.2. The van der Waals surface area contributed by atoms with Gasteiger partial charge in [-0.05, 0) is 6.07 Å². The van der Waals surface area contributed by atoms with Crippen LogP contribution in [0.15, 0.2) is 53.3 Å². The molecular weight excluding hydrogens is 429 g/mol. The largest absolute Gasteiger partial charge is 0.373 e. The second-order valence-electron chi connectivity index (χ2n) is 7.88. The Bertz CT molecular complexity index is 1350. The summed E-state index contributed by atoms with van der Waals surface area (Å²) < 4.78 is 21.5. The summed E-state index contributed by atoms with van der Waals surface area (Å²) in [5.41, 5.74) is -0.120. The van der Waals surface area contributed by atoms with Crippen molar-refractivity contribution in [3.05, 3.63) is 60.4 Å². The van der Waals surface area contributed by atoms with Gasteiger partial charge in [0.15, 0.2) is 17.4 Å². The van der Waals surface area contributed by atoms with Crippen LogP contribution in [0.3, 0.4) is 0 Å². The number of nitrogens with one attached hydrogen (secondary N) is 1. The zero-order valence-electron chi connectivity index (χ0n) is 17.9. The minimum atomic E-state index is -1.73. The molecule has 2 N–H and O–H groups in total. The van der Waals surface area contributed by atoms with E-state index in [1.54, 1.807) is 55.3 Å². The average molecular weight is 449 g/mol. The third kappa shape index (κ3) is 3.72. The standard InChI is InChI=1S/C22H20FN7O3/c1-29-9-7-22(32,20(29)31)17-11-16(28-33-17)13-4-3-5-14(10-13)19-15(23)12-24-21(26-19)25-18-6-8-30(2)27-18/h3-6,8,10-12,32H,7,9H2,1-2H3,(H,24,25,26,27)/t22-/m1/s1. The molecule has 4 aromatic rings. The maximum atomic E-state index is 14.6. The second-order valence-corrected chi connectivity index (χ2v) is 7.88. The molecule has 11 heteroatoms. The molecule has 1 atom stereocenters. The van der Waals surface area contributed by atoms with Crippen LogP contribution in [0.4, 0.5) is 16.2 Å². The molecule has 168 valence electrons. The molecule has 1 aliphatic heterocycles. The summed E-state index contributed by atoms with van der Waals surface area (Å²) in [6.45, 7) is 0.419. The molecule has 0 unspecified atom stereocenters. The van der Waals surface area contributed by atoms with Gasteiger partial charge < -0.3 is 19.8 Å². The number of hydrogen-bond donors (Lipinski definition) is 2. The summed E-state index contributed by atoms with van der Waals surface area (Å²) in [6, 6.07) is 10.2. The lowest BCUT2D eigenvalue weighted by Crippen LogP contribution is -2.35. The lowest BCUT2D eigenvalue weighted by molar-refractivity contribution is -0.144. The van der Waals surface area contributed by atoms with Crippen LogP contribution < -0.4 is 5.32 Å². The molecule has 0 spiro atoms. The lowest BCUT2D eigenvalue weighted by Gasteiger charge is -2.16. The first-order chi connectivity index (χ1) is 15.8. The summed E-state index contributed by atoms with van der Waals surface area (Å²) in [4.78, 5) is 22.1. The Morgan fingerprint density at radius 3 is 2.76 bits per heavy atom. The van der Waals surface area contributed by atoms with Crippen molar-refractivity contribution < 1.29 is 18.8 Å². The van der Waals surface area contributed by atoms with E-state index in [1.807, 2.05) is 0 Å². The molecule has 0 radical (unpaired) electrons. The molecule has 5 rings (SSSR count). The number of carbonyl (C=O) groups is 1. The normalized spacial score (nSPS) is 18.2. The van der Waals surface area contributed by atoms with Crippen LogP contribution in [0.2, 0.25) is 0 Å². The number of nitrogens with zero attached hydrogens (tertiary/aromatic N) is 6. The SMILES string of the molecule is CN1CC[C@@](O)(c2cc(-c3cccc(-c4nc(Nc5ccn(C)n5)ncc4F)c3)no2)C1=O. The summed E-state index contributed by atoms with van der Waals surface area (Å²) in [5, 5.41) is 21.9. The maximum Gasteiger partial charge on any atom is 0.262 e. The van der Waals surface area contributed by atoms with E-state index in [1.165, 1.54) is 11.0 Å². The minimum Gasteiger partial charge on any atom is -0.373 e. The fourth-order valence-electron chi connectivity index (χ4n) is 3.74. The highest BCUT2D eigenvalue weighted by atomic mass is 19.1. The number of aromatic nitrogens is 5. The summed E-state index contributed by atoms with van der Waals surface area (Å²) in [7, 11) is 3.40. The number of aryl methyl sites for hydroxylation is 1. The van der Waals surface area contributed by atoms with Gasteiger partial charge >= 0.3 is 0 Å². The van der Waals surface area contributed by atoms with Gasteiger partial charge in [0.2, 0.25) is 11.5 Å². The summed E-state index contributed by atoms with van der Waals surface area (Å²) in [6.07, 6.45) is 3.07. The van der Waals surface area contributed by atoms with E-state index in [-0.39, 0.29) is 23.8 Å². The lowest BCUT2D eigenvalue weighted by atomic mass is 9.97. The molecule has 3 aromatic heterocycles. The van der Waals surface area contributed by atoms with E-state index in [0.29, 0.717) is 29.2 Å². The molecule has 1 aromatic carbocycles. The molecule has 1 aliphatic rings. The first-order valence-corrected chi connectivity index (χ1v) is 10.2. The molecule has 10 nitrogen and oxygen atoms in total. The number of rotatable bonds is 5. The summed E-state index contributed by atoms with van der Waals surface area (Å²) >= 11 is 0. The minimum absolute atomic E-state index is 0.0762. The van der Waals surface area contributed by atoms with Crippen molar-refractivity contribution in [3.63, 3.8) is 0 Å². The van der Waals surface area contributed by atoms with Gasteiger partial charge in [-0.2, -0.15) is 5.10 Å². The number of hydrogen-bond acceptors (Lipinski definition) is 8. The Balaban J connectivity index is 1.45. The molecule has 0 aliphatic carbocycles. The van der Waals surface area contributed by atoms with E-state index in [0.717, 1.165) is 6.20 Å². The number of amides is 1. The number of likely N-dealkylation sites (tertiary alicyclic amines) is 1. The number of carbonyl (C=O) groups excluding carboxylic acids is 1. The number of likely N-dealkylation sites (N-methyl/N-ethyl adjacent to an activating group) is 1. The predicted molar refractivity (Wildman–Crippen MR) is 116 cm³/mol. The molecule has 0 bridgehead atoms. The van der Waals surface area contributed by atoms with Gasteiger partial charge in [0.1, 0.15) is 11.4 Å². The van der Waals surface area contributed by atoms with Crippen molar-refractivity contribution in [2.45, 2.75) is 12.0 Å². The van der Waals surface area contributed by atoms with Crippen LogP contribution in [0.5, 0.6) is 0 Å². The van der Waals surface area contributed by atoms with Gasteiger partial charge in [0, 0.05) is 56.5 Å². The maximum absolute atomic E-state index is 14.6. The van der Waals surface area contributed by atoms with Gasteiger partial charge in [-0.15, -0.1) is 0 Å². The van der Waals surface area contributed by atoms with E-state index in [4.69, 9.17) is 4.52 Å². The van der Waals surface area contributed by atoms with Crippen molar-refractivity contribution in [2.24, 2.45) is 7.05 Å². The Morgan fingerprint density at radius 2 is 2.03 bits per heavy atom. The van der Waals surface area contributed by atoms with Gasteiger partial charge in [-0.1, -0.05) is 23.4 Å². The van der Waals surface area contributed by atoms with Crippen LogP contribution in [0, 0.1) is 5.82 Å². The quantitative estimate of drug-likeness (QED) is 0.477. The van der Waals surface area contributed by atoms with Crippen molar-refractivity contribution in [1.82, 2.24) is 29.8 Å². The molecule has 33 heavy (non-hydrogen) atoms. The summed E-state index contributed by atoms with van der Waals surface area (Å²) in [5.74, 6) is -0.218. The van der Waals surface area contributed by atoms with Crippen LogP contribution >= 0.6 is 0 Å². The van der Waals surface area contributed by atoms with Crippen molar-refractivity contribution in [1.29, 1.82) is 0 Å². The highest BCUT2D eigenvalue weighted by Crippen LogP contribution is 2.35. The third-order valence-corrected chi connectivity index (χ3v) is 5.56. The highest BCUT2D eigenvalue weighted by molar-refractivity contribution is 5.87. The van der Waals surface area contributed by atoms with Crippen LogP contribution in [-0.2, 0) is 17.4 Å². The third-order valence-electron chi connectivity index (χ3n) is 5.56. The van der Waals surface area contributed by atoms with Crippen molar-refractivity contribution >= 4 is 17.7 Å². The van der Waals surface area contributed by atoms with Crippen molar-refractivity contribution in [2.75, 3.05) is 18.9 Å². The predicted octanol–water partition coefficient (Wildman–Crippen LogP) is 2.46. The molecule has 4 heterocycles. The smallest absolute Gasteiger partial charge is 0.262 e. The van der Waals surface area contributed by atoms with Gasteiger partial charge in [0.25, 0.3) is 5.91 Å². The number of halogens is 1. The molecule has 1 amide bonds. The average Bonchev–Trinajstić information content (AvgIpc) is 3.53. The van der Waals surface area contributed by atoms with Gasteiger partial charge in [0.05, 0.1) is 6.20 Å². The number of aliphatic hydroxyl groups is 1. The van der Waals surface area contributed by atoms with E-state index in [9.17, 15) is 14.3 Å². The monoisotopic (exact) mass is 449 g/mol. The topological polar surface area (TPSA) is 122 Å². The Hall–Kier alpha value is -4.12. The van der Waals surface area contributed by atoms with E-state index < -0.39 is 17.3 Å². The van der Waals surface area contributed by atoms with Crippen LogP contribution in [-0.4, -0.2) is 54.4 Å². The first kappa shape index (κ1) is 20.8. The van der Waals surface area contributed by atoms with E-state index in [2.05, 4.69) is 25.5 Å². The van der Waals surface area contributed by atoms with Crippen LogP contribution in [0.25, 0.3) is 22.5 Å². The fraction of sp³-hybridized carbons (Fsp3) is 0.227. The molecule has 0 saturated carbocycles. The number of benzene rings is 1. The molecule has 1 saturated heterocycles. The number of anilines is 2. The van der Waals surface area contributed by atoms with Gasteiger partial charge in [-0.3, -0.25) is 9.48 Å². The second kappa shape index (κ2) is 7.78. The fourth-order valence-corrected chi connectivity index (χ4v) is 3.74. The zero-order valence-corrected chi connectivity index (χ0v) is 17.9. The Labute approximate surface area is 187 Å². The Morgan fingerprint density at radius 1 is 1.21 bits per heavy atom. The Kier molecular flexibility index (Phi) is 4.90.